The zero-order valence-electron chi connectivity index (χ0n) is 18.7. The van der Waals surface area contributed by atoms with Crippen LogP contribution in [0.15, 0.2) is 42.5 Å². The normalized spacial score (nSPS) is 14.7. The molecule has 1 aliphatic heterocycles. The van der Waals surface area contributed by atoms with E-state index in [2.05, 4.69) is 5.32 Å². The Labute approximate surface area is 183 Å². The largest absolute Gasteiger partial charge is 0.493 e. The number of nitrogens with zero attached hydrogens (tertiary/aromatic N) is 2. The van der Waals surface area contributed by atoms with Gasteiger partial charge in [-0.25, -0.2) is 4.79 Å². The van der Waals surface area contributed by atoms with E-state index in [9.17, 15) is 9.59 Å². The van der Waals surface area contributed by atoms with E-state index in [-0.39, 0.29) is 18.0 Å². The first kappa shape index (κ1) is 22.5. The number of nitrogens with one attached hydrogen (secondary N) is 1. The minimum absolute atomic E-state index is 0.0996. The van der Waals surface area contributed by atoms with Gasteiger partial charge in [0.25, 0.3) is 0 Å². The van der Waals surface area contributed by atoms with Crippen LogP contribution in [-0.2, 0) is 11.2 Å². The summed E-state index contributed by atoms with van der Waals surface area (Å²) < 4.78 is 10.6. The number of carbonyl (C=O) groups is 2. The Hall–Kier alpha value is -3.22. The molecule has 1 saturated heterocycles. The monoisotopic (exact) mass is 425 g/mol. The van der Waals surface area contributed by atoms with Gasteiger partial charge in [-0.3, -0.25) is 4.79 Å². The number of ether oxygens (including phenoxy) is 2. The van der Waals surface area contributed by atoms with Gasteiger partial charge in [0.1, 0.15) is 0 Å². The van der Waals surface area contributed by atoms with Crippen LogP contribution in [-0.4, -0.2) is 62.1 Å². The fourth-order valence-electron chi connectivity index (χ4n) is 3.63. The second kappa shape index (κ2) is 10.2. The summed E-state index contributed by atoms with van der Waals surface area (Å²) in [5.41, 5.74) is 3.12. The van der Waals surface area contributed by atoms with E-state index >= 15 is 0 Å². The van der Waals surface area contributed by atoms with E-state index in [4.69, 9.17) is 9.47 Å². The molecule has 2 aromatic carbocycles. The molecule has 7 nitrogen and oxygen atoms in total. The summed E-state index contributed by atoms with van der Waals surface area (Å²) in [5.74, 6) is 1.38. The Balaban J connectivity index is 1.50. The van der Waals surface area contributed by atoms with Crippen LogP contribution in [0.3, 0.4) is 0 Å². The molecule has 0 bridgehead atoms. The molecule has 0 aromatic heterocycles. The maximum Gasteiger partial charge on any atom is 0.317 e. The lowest BCUT2D eigenvalue weighted by Gasteiger charge is -2.35. The Morgan fingerprint density at radius 1 is 0.935 bits per heavy atom. The number of carbonyl (C=O) groups excluding carboxylic acids is 2. The Morgan fingerprint density at radius 3 is 2.16 bits per heavy atom. The minimum atomic E-state index is -0.187. The van der Waals surface area contributed by atoms with Crippen molar-refractivity contribution in [2.75, 3.05) is 40.4 Å². The quantitative estimate of drug-likeness (QED) is 0.772. The van der Waals surface area contributed by atoms with Crippen molar-refractivity contribution in [2.45, 2.75) is 26.3 Å². The van der Waals surface area contributed by atoms with Gasteiger partial charge in [0.05, 0.1) is 26.7 Å². The summed E-state index contributed by atoms with van der Waals surface area (Å²) in [5, 5.41) is 3.03. The molecule has 0 radical (unpaired) electrons. The van der Waals surface area contributed by atoms with Crippen LogP contribution >= 0.6 is 0 Å². The molecule has 7 heteroatoms. The first-order valence-corrected chi connectivity index (χ1v) is 10.5. The molecule has 2 aromatic rings. The SMILES string of the molecule is COc1ccc(C(C)NC(=O)N2CCN(C(=O)Cc3ccc(C)cc3)CC2)cc1OC. The summed E-state index contributed by atoms with van der Waals surface area (Å²) in [6.45, 7) is 6.09. The highest BCUT2D eigenvalue weighted by atomic mass is 16.5. The molecule has 1 heterocycles. The number of hydrogen-bond acceptors (Lipinski definition) is 4. The van der Waals surface area contributed by atoms with E-state index < -0.39 is 0 Å². The van der Waals surface area contributed by atoms with E-state index in [1.807, 2.05) is 61.2 Å². The van der Waals surface area contributed by atoms with Gasteiger partial charge in [-0.1, -0.05) is 35.9 Å². The number of rotatable bonds is 6. The number of hydrogen-bond donors (Lipinski definition) is 1. The van der Waals surface area contributed by atoms with Crippen molar-refractivity contribution in [1.82, 2.24) is 15.1 Å². The lowest BCUT2D eigenvalue weighted by Crippen LogP contribution is -2.53. The van der Waals surface area contributed by atoms with Crippen molar-refractivity contribution in [3.8, 4) is 11.5 Å². The van der Waals surface area contributed by atoms with Gasteiger partial charge in [0.2, 0.25) is 5.91 Å². The predicted octanol–water partition coefficient (Wildman–Crippen LogP) is 3.17. The average Bonchev–Trinajstić information content (AvgIpc) is 2.80. The molecule has 0 aliphatic carbocycles. The van der Waals surface area contributed by atoms with Gasteiger partial charge in [-0.2, -0.15) is 0 Å². The van der Waals surface area contributed by atoms with Crippen molar-refractivity contribution >= 4 is 11.9 Å². The summed E-state index contributed by atoms with van der Waals surface area (Å²) in [6, 6.07) is 13.3. The van der Waals surface area contributed by atoms with Crippen LogP contribution in [0.4, 0.5) is 4.79 Å². The molecule has 166 valence electrons. The fourth-order valence-corrected chi connectivity index (χ4v) is 3.63. The molecule has 1 atom stereocenters. The highest BCUT2D eigenvalue weighted by molar-refractivity contribution is 5.79. The number of benzene rings is 2. The maximum atomic E-state index is 12.7. The van der Waals surface area contributed by atoms with E-state index in [0.29, 0.717) is 44.1 Å². The highest BCUT2D eigenvalue weighted by Crippen LogP contribution is 2.29. The summed E-state index contributed by atoms with van der Waals surface area (Å²) in [6.07, 6.45) is 0.392. The fraction of sp³-hybridized carbons (Fsp3) is 0.417. The third-order valence-corrected chi connectivity index (χ3v) is 5.64. The van der Waals surface area contributed by atoms with Gasteiger partial charge in [-0.05, 0) is 37.1 Å². The first-order chi connectivity index (χ1) is 14.9. The van der Waals surface area contributed by atoms with Crippen LogP contribution < -0.4 is 14.8 Å². The molecule has 1 unspecified atom stereocenters. The molecule has 3 rings (SSSR count). The van der Waals surface area contributed by atoms with Gasteiger partial charge < -0.3 is 24.6 Å². The standard InChI is InChI=1S/C24H31N3O4/c1-17-5-7-19(8-6-17)15-23(28)26-11-13-27(14-12-26)24(29)25-18(2)20-9-10-21(30-3)22(16-20)31-4/h5-10,16,18H,11-15H2,1-4H3,(H,25,29). The van der Waals surface area contributed by atoms with Crippen LogP contribution in [0.5, 0.6) is 11.5 Å². The molecule has 0 spiro atoms. The number of urea groups is 1. The van der Waals surface area contributed by atoms with E-state index in [1.165, 1.54) is 5.56 Å². The Kier molecular flexibility index (Phi) is 7.39. The second-order valence-electron chi connectivity index (χ2n) is 7.82. The van der Waals surface area contributed by atoms with Gasteiger partial charge in [-0.15, -0.1) is 0 Å². The minimum Gasteiger partial charge on any atom is -0.493 e. The van der Waals surface area contributed by atoms with Gasteiger partial charge >= 0.3 is 6.03 Å². The lowest BCUT2D eigenvalue weighted by molar-refractivity contribution is -0.131. The van der Waals surface area contributed by atoms with Crippen molar-refractivity contribution in [1.29, 1.82) is 0 Å². The van der Waals surface area contributed by atoms with Crippen LogP contribution in [0.1, 0.15) is 29.7 Å². The molecule has 31 heavy (non-hydrogen) atoms. The van der Waals surface area contributed by atoms with Crippen LogP contribution in [0.25, 0.3) is 0 Å². The predicted molar refractivity (Wildman–Crippen MR) is 120 cm³/mol. The molecular weight excluding hydrogens is 394 g/mol. The number of aryl methyl sites for hydroxylation is 1. The summed E-state index contributed by atoms with van der Waals surface area (Å²) in [4.78, 5) is 28.9. The zero-order chi connectivity index (χ0) is 22.4. The van der Waals surface area contributed by atoms with Crippen molar-refractivity contribution < 1.29 is 19.1 Å². The topological polar surface area (TPSA) is 71.1 Å². The third kappa shape index (κ3) is 5.69. The molecule has 1 fully saturated rings. The smallest absolute Gasteiger partial charge is 0.317 e. The Bertz CT molecular complexity index is 906. The van der Waals surface area contributed by atoms with Gasteiger partial charge in [0.15, 0.2) is 11.5 Å². The lowest BCUT2D eigenvalue weighted by atomic mass is 10.1. The molecule has 3 amide bonds. The Morgan fingerprint density at radius 2 is 1.55 bits per heavy atom. The average molecular weight is 426 g/mol. The maximum absolute atomic E-state index is 12.7. The van der Waals surface area contributed by atoms with Gasteiger partial charge in [0, 0.05) is 26.2 Å². The molecule has 1 aliphatic rings. The summed E-state index contributed by atoms with van der Waals surface area (Å²) in [7, 11) is 3.18. The number of methoxy groups -OCH3 is 2. The van der Waals surface area contributed by atoms with E-state index in [0.717, 1.165) is 11.1 Å². The van der Waals surface area contributed by atoms with Crippen molar-refractivity contribution in [3.63, 3.8) is 0 Å². The third-order valence-electron chi connectivity index (χ3n) is 5.64. The van der Waals surface area contributed by atoms with Crippen molar-refractivity contribution in [3.05, 3.63) is 59.2 Å². The summed E-state index contributed by atoms with van der Waals surface area (Å²) >= 11 is 0. The van der Waals surface area contributed by atoms with E-state index in [1.54, 1.807) is 19.1 Å². The second-order valence-corrected chi connectivity index (χ2v) is 7.82. The number of amides is 3. The number of piperazine rings is 1. The zero-order valence-corrected chi connectivity index (χ0v) is 18.7. The molecule has 1 N–H and O–H groups in total. The van der Waals surface area contributed by atoms with Crippen LogP contribution in [0.2, 0.25) is 0 Å². The van der Waals surface area contributed by atoms with Crippen molar-refractivity contribution in [2.24, 2.45) is 0 Å². The molecule has 0 saturated carbocycles. The van der Waals surface area contributed by atoms with Crippen LogP contribution in [0, 0.1) is 6.92 Å². The first-order valence-electron chi connectivity index (χ1n) is 10.5. The highest BCUT2D eigenvalue weighted by Gasteiger charge is 2.25. The molecular formula is C24H31N3O4.